The van der Waals surface area contributed by atoms with E-state index in [0.717, 1.165) is 16.4 Å². The monoisotopic (exact) mass is 443 g/mol. The lowest BCUT2D eigenvalue weighted by molar-refractivity contribution is -0.119. The van der Waals surface area contributed by atoms with Gasteiger partial charge in [0.05, 0.1) is 28.4 Å². The highest BCUT2D eigenvalue weighted by Gasteiger charge is 2.19. The summed E-state index contributed by atoms with van der Waals surface area (Å²) in [7, 11) is 1.50. The van der Waals surface area contributed by atoms with Crippen LogP contribution < -0.4 is 10.1 Å². The van der Waals surface area contributed by atoms with Gasteiger partial charge in [-0.25, -0.2) is 4.79 Å². The number of anilines is 1. The van der Waals surface area contributed by atoms with Crippen molar-refractivity contribution in [2.45, 2.75) is 0 Å². The molecular formula is C22H15Cl2NO5. The first-order chi connectivity index (χ1) is 14.5. The van der Waals surface area contributed by atoms with Crippen LogP contribution in [0.3, 0.4) is 0 Å². The highest BCUT2D eigenvalue weighted by molar-refractivity contribution is 6.39. The number of methoxy groups -OCH3 is 1. The summed E-state index contributed by atoms with van der Waals surface area (Å²) < 4.78 is 16.3. The number of nitrogens with one attached hydrogen (secondary N) is 1. The van der Waals surface area contributed by atoms with Gasteiger partial charge in [-0.1, -0.05) is 47.5 Å². The van der Waals surface area contributed by atoms with Crippen LogP contribution in [-0.4, -0.2) is 25.6 Å². The number of hydrogen-bond donors (Lipinski definition) is 1. The molecule has 0 saturated carbocycles. The smallest absolute Gasteiger partial charge is 0.341 e. The average molecular weight is 444 g/mol. The zero-order chi connectivity index (χ0) is 21.3. The van der Waals surface area contributed by atoms with E-state index in [1.807, 2.05) is 24.3 Å². The third-order valence-corrected chi connectivity index (χ3v) is 5.10. The lowest BCUT2D eigenvalue weighted by Gasteiger charge is -2.11. The standard InChI is InChI=1S/C22H15Cl2NO5/c1-28-19-9-13-12-5-2-3-8-17(12)30-18(13)10-16(19)25-20(26)11-29-22(27)21-14(23)6-4-7-15(21)24/h2-10H,11H2,1H3,(H,25,26). The zero-order valence-electron chi connectivity index (χ0n) is 15.7. The molecule has 1 aromatic heterocycles. The van der Waals surface area contributed by atoms with Gasteiger partial charge in [-0.05, 0) is 24.3 Å². The van der Waals surface area contributed by atoms with Crippen molar-refractivity contribution in [2.24, 2.45) is 0 Å². The Morgan fingerprint density at radius 2 is 1.70 bits per heavy atom. The maximum atomic E-state index is 12.4. The van der Waals surface area contributed by atoms with Gasteiger partial charge in [0.2, 0.25) is 0 Å². The van der Waals surface area contributed by atoms with E-state index in [1.54, 1.807) is 18.2 Å². The number of ether oxygens (including phenoxy) is 2. The Labute approximate surface area is 181 Å². The Morgan fingerprint density at radius 1 is 0.967 bits per heavy atom. The van der Waals surface area contributed by atoms with E-state index < -0.39 is 18.5 Å². The molecule has 152 valence electrons. The Balaban J connectivity index is 1.52. The Morgan fingerprint density at radius 3 is 2.43 bits per heavy atom. The maximum absolute atomic E-state index is 12.4. The largest absolute Gasteiger partial charge is 0.495 e. The number of halogens is 2. The van der Waals surface area contributed by atoms with Crippen molar-refractivity contribution in [1.29, 1.82) is 0 Å². The fraction of sp³-hybridized carbons (Fsp3) is 0.0909. The van der Waals surface area contributed by atoms with Crippen molar-refractivity contribution in [3.63, 3.8) is 0 Å². The van der Waals surface area contributed by atoms with Crippen molar-refractivity contribution in [2.75, 3.05) is 19.0 Å². The van der Waals surface area contributed by atoms with E-state index in [0.29, 0.717) is 17.0 Å². The number of rotatable bonds is 5. The van der Waals surface area contributed by atoms with Gasteiger partial charge < -0.3 is 19.2 Å². The minimum atomic E-state index is -0.791. The van der Waals surface area contributed by atoms with Gasteiger partial charge in [0.1, 0.15) is 16.9 Å². The number of fused-ring (bicyclic) bond motifs is 3. The van der Waals surface area contributed by atoms with Gasteiger partial charge in [0, 0.05) is 16.8 Å². The molecule has 0 aliphatic rings. The van der Waals surface area contributed by atoms with Crippen molar-refractivity contribution < 1.29 is 23.5 Å². The van der Waals surface area contributed by atoms with Crippen LogP contribution >= 0.6 is 23.2 Å². The van der Waals surface area contributed by atoms with E-state index >= 15 is 0 Å². The fourth-order valence-electron chi connectivity index (χ4n) is 3.10. The Bertz CT molecular complexity index is 1260. The maximum Gasteiger partial charge on any atom is 0.341 e. The van der Waals surface area contributed by atoms with E-state index in [2.05, 4.69) is 5.32 Å². The summed E-state index contributed by atoms with van der Waals surface area (Å²) in [5, 5.41) is 4.75. The number of esters is 1. The third kappa shape index (κ3) is 3.79. The van der Waals surface area contributed by atoms with Crippen LogP contribution in [0.25, 0.3) is 21.9 Å². The lowest BCUT2D eigenvalue weighted by Crippen LogP contribution is -2.21. The minimum Gasteiger partial charge on any atom is -0.495 e. The van der Waals surface area contributed by atoms with Gasteiger partial charge in [-0.3, -0.25) is 4.79 Å². The van der Waals surface area contributed by atoms with E-state index in [9.17, 15) is 9.59 Å². The second kappa shape index (κ2) is 8.26. The molecular weight excluding hydrogens is 429 g/mol. The molecule has 0 saturated heterocycles. The summed E-state index contributed by atoms with van der Waals surface area (Å²) in [6.07, 6.45) is 0. The molecule has 1 amide bonds. The first-order valence-corrected chi connectivity index (χ1v) is 9.64. The molecule has 30 heavy (non-hydrogen) atoms. The quantitative estimate of drug-likeness (QED) is 0.400. The molecule has 0 bridgehead atoms. The number of amides is 1. The molecule has 0 aliphatic carbocycles. The van der Waals surface area contributed by atoms with Crippen LogP contribution in [0.15, 0.2) is 59.0 Å². The predicted octanol–water partition coefficient (Wildman–Crippen LogP) is 5.70. The van der Waals surface area contributed by atoms with Crippen molar-refractivity contribution in [3.05, 3.63) is 70.2 Å². The van der Waals surface area contributed by atoms with Gasteiger partial charge >= 0.3 is 5.97 Å². The third-order valence-electron chi connectivity index (χ3n) is 4.47. The van der Waals surface area contributed by atoms with E-state index in [-0.39, 0.29) is 15.6 Å². The summed E-state index contributed by atoms with van der Waals surface area (Å²) >= 11 is 12.0. The summed E-state index contributed by atoms with van der Waals surface area (Å²) in [6.45, 7) is -0.526. The minimum absolute atomic E-state index is 0.00918. The van der Waals surface area contributed by atoms with Gasteiger partial charge in [0.25, 0.3) is 5.91 Å². The van der Waals surface area contributed by atoms with Crippen LogP contribution in [0.4, 0.5) is 5.69 Å². The summed E-state index contributed by atoms with van der Waals surface area (Å²) in [5.41, 5.74) is 1.71. The first kappa shape index (κ1) is 20.1. The normalized spacial score (nSPS) is 10.9. The van der Waals surface area contributed by atoms with Gasteiger partial charge in [-0.2, -0.15) is 0 Å². The molecule has 6 nitrogen and oxygen atoms in total. The molecule has 0 atom stereocenters. The molecule has 8 heteroatoms. The topological polar surface area (TPSA) is 77.8 Å². The van der Waals surface area contributed by atoms with Crippen molar-refractivity contribution in [3.8, 4) is 5.75 Å². The average Bonchev–Trinajstić information content (AvgIpc) is 3.09. The van der Waals surface area contributed by atoms with Crippen LogP contribution in [0.2, 0.25) is 10.0 Å². The molecule has 0 fully saturated rings. The van der Waals surface area contributed by atoms with Crippen molar-refractivity contribution >= 4 is 62.7 Å². The number of para-hydroxylation sites is 1. The predicted molar refractivity (Wildman–Crippen MR) is 116 cm³/mol. The van der Waals surface area contributed by atoms with Gasteiger partial charge in [-0.15, -0.1) is 0 Å². The SMILES string of the molecule is COc1cc2c(cc1NC(=O)COC(=O)c1c(Cl)cccc1Cl)oc1ccccc12. The molecule has 0 unspecified atom stereocenters. The summed E-state index contributed by atoms with van der Waals surface area (Å²) in [6, 6.07) is 15.7. The molecule has 0 radical (unpaired) electrons. The first-order valence-electron chi connectivity index (χ1n) is 8.88. The van der Waals surface area contributed by atoms with Crippen LogP contribution in [0.5, 0.6) is 5.75 Å². The van der Waals surface area contributed by atoms with E-state index in [1.165, 1.54) is 19.2 Å². The van der Waals surface area contributed by atoms with Gasteiger partial charge in [0.15, 0.2) is 6.61 Å². The molecule has 1 heterocycles. The van der Waals surface area contributed by atoms with E-state index in [4.69, 9.17) is 37.1 Å². The number of carbonyl (C=O) groups is 2. The second-order valence-electron chi connectivity index (χ2n) is 6.37. The summed E-state index contributed by atoms with van der Waals surface area (Å²) in [5.74, 6) is -0.899. The molecule has 3 aromatic carbocycles. The Hall–Kier alpha value is -3.22. The molecule has 4 aromatic rings. The fourth-order valence-corrected chi connectivity index (χ4v) is 3.65. The number of carbonyl (C=O) groups excluding carboxylic acids is 2. The summed E-state index contributed by atoms with van der Waals surface area (Å²) in [4.78, 5) is 24.6. The Kier molecular flexibility index (Phi) is 5.53. The second-order valence-corrected chi connectivity index (χ2v) is 7.18. The van der Waals surface area contributed by atoms with Crippen LogP contribution in [0.1, 0.15) is 10.4 Å². The van der Waals surface area contributed by atoms with Crippen LogP contribution in [-0.2, 0) is 9.53 Å². The number of benzene rings is 3. The highest BCUT2D eigenvalue weighted by Crippen LogP contribution is 2.36. The lowest BCUT2D eigenvalue weighted by atomic mass is 10.1. The van der Waals surface area contributed by atoms with Crippen LogP contribution in [0, 0.1) is 0 Å². The molecule has 1 N–H and O–H groups in total. The zero-order valence-corrected chi connectivity index (χ0v) is 17.2. The van der Waals surface area contributed by atoms with Crippen molar-refractivity contribution in [1.82, 2.24) is 0 Å². The number of furan rings is 1. The molecule has 0 spiro atoms. The highest BCUT2D eigenvalue weighted by atomic mass is 35.5. The number of hydrogen-bond acceptors (Lipinski definition) is 5. The molecule has 4 rings (SSSR count). The molecule has 0 aliphatic heterocycles.